The summed E-state index contributed by atoms with van der Waals surface area (Å²) in [5.74, 6) is -2.79. The Morgan fingerprint density at radius 1 is 1.33 bits per heavy atom. The predicted molar refractivity (Wildman–Crippen MR) is 60.9 cm³/mol. The minimum atomic E-state index is -0.920. The molecule has 0 fully saturated rings. The van der Waals surface area contributed by atoms with Gasteiger partial charge in [-0.15, -0.1) is 0 Å². The highest BCUT2D eigenvalue weighted by Gasteiger charge is 2.28. The molecule has 1 aliphatic carbocycles. The molecule has 0 aromatic heterocycles. The fourth-order valence-electron chi connectivity index (χ4n) is 1.62. The molecule has 6 nitrogen and oxygen atoms in total. The first-order valence-electron chi connectivity index (χ1n) is 5.46. The van der Waals surface area contributed by atoms with E-state index in [1.165, 1.54) is 7.11 Å². The molecule has 0 bridgehead atoms. The Labute approximate surface area is 104 Å². The van der Waals surface area contributed by atoms with Crippen LogP contribution in [0.3, 0.4) is 0 Å². The van der Waals surface area contributed by atoms with E-state index in [9.17, 15) is 19.5 Å². The third kappa shape index (κ3) is 3.19. The summed E-state index contributed by atoms with van der Waals surface area (Å²) in [7, 11) is 1.27. The third-order valence-electron chi connectivity index (χ3n) is 2.57. The highest BCUT2D eigenvalue weighted by Crippen LogP contribution is 2.22. The number of aliphatic hydroxyl groups is 1. The minimum absolute atomic E-state index is 0.00950. The lowest BCUT2D eigenvalue weighted by Crippen LogP contribution is -2.20. The van der Waals surface area contributed by atoms with Crippen molar-refractivity contribution in [2.24, 2.45) is 0 Å². The Morgan fingerprint density at radius 3 is 2.56 bits per heavy atom. The molecule has 2 N–H and O–H groups in total. The molecule has 98 valence electrons. The number of carbonyl (C=O) groups excluding carboxylic acids is 2. The number of hydrogen-bond donors (Lipinski definition) is 2. The zero-order valence-electron chi connectivity index (χ0n) is 9.93. The van der Waals surface area contributed by atoms with Gasteiger partial charge in [-0.3, -0.25) is 14.4 Å². The summed E-state index contributed by atoms with van der Waals surface area (Å²) in [6.07, 6.45) is 1.87. The Bertz CT molecular complexity index is 443. The van der Waals surface area contributed by atoms with Crippen molar-refractivity contribution in [3.63, 3.8) is 0 Å². The topological polar surface area (TPSA) is 101 Å². The molecular weight excluding hydrogens is 240 g/mol. The lowest BCUT2D eigenvalue weighted by molar-refractivity contribution is -0.137. The SMILES string of the molecule is COC1=CC(=O)C(O)=C(CCCCC(=O)O)C1=O. The average Bonchev–Trinajstić information content (AvgIpc) is 2.32. The number of carbonyl (C=O) groups is 3. The first-order valence-corrected chi connectivity index (χ1v) is 5.46. The van der Waals surface area contributed by atoms with Crippen molar-refractivity contribution in [3.8, 4) is 0 Å². The molecular formula is C12H14O6. The average molecular weight is 254 g/mol. The normalized spacial score (nSPS) is 15.7. The van der Waals surface area contributed by atoms with Crippen LogP contribution in [0, 0.1) is 0 Å². The first kappa shape index (κ1) is 14.0. The van der Waals surface area contributed by atoms with E-state index < -0.39 is 23.3 Å². The zero-order valence-corrected chi connectivity index (χ0v) is 9.93. The van der Waals surface area contributed by atoms with Gasteiger partial charge in [-0.05, 0) is 19.3 Å². The van der Waals surface area contributed by atoms with Gasteiger partial charge in [0.15, 0.2) is 11.5 Å². The Kier molecular flexibility index (Phi) is 4.65. The number of carboxylic acid groups (broad SMARTS) is 1. The van der Waals surface area contributed by atoms with Crippen molar-refractivity contribution >= 4 is 17.5 Å². The maximum absolute atomic E-state index is 11.8. The third-order valence-corrected chi connectivity index (χ3v) is 2.57. The molecule has 0 radical (unpaired) electrons. The van der Waals surface area contributed by atoms with Crippen molar-refractivity contribution in [3.05, 3.63) is 23.2 Å². The van der Waals surface area contributed by atoms with Crippen molar-refractivity contribution in [1.82, 2.24) is 0 Å². The number of unbranched alkanes of at least 4 members (excludes halogenated alkanes) is 1. The maximum atomic E-state index is 11.8. The molecule has 0 atom stereocenters. The minimum Gasteiger partial charge on any atom is -0.504 e. The molecule has 0 aromatic rings. The number of aliphatic carboxylic acids is 1. The van der Waals surface area contributed by atoms with Gasteiger partial charge < -0.3 is 14.9 Å². The molecule has 0 heterocycles. The van der Waals surface area contributed by atoms with Gasteiger partial charge in [-0.2, -0.15) is 0 Å². The fourth-order valence-corrected chi connectivity index (χ4v) is 1.62. The van der Waals surface area contributed by atoms with Gasteiger partial charge in [0, 0.05) is 18.1 Å². The van der Waals surface area contributed by atoms with Crippen LogP contribution in [0.1, 0.15) is 25.7 Å². The van der Waals surface area contributed by atoms with Crippen molar-refractivity contribution in [2.45, 2.75) is 25.7 Å². The maximum Gasteiger partial charge on any atom is 0.303 e. The highest BCUT2D eigenvalue weighted by molar-refractivity contribution is 6.20. The standard InChI is InChI=1S/C12H14O6/c1-18-9-6-8(13)11(16)7(12(9)17)4-2-3-5-10(14)15/h6,16H,2-5H2,1H3,(H,14,15). The molecule has 0 saturated heterocycles. The second-order valence-electron chi connectivity index (χ2n) is 3.83. The number of ketones is 2. The van der Waals surface area contributed by atoms with Gasteiger partial charge in [0.1, 0.15) is 0 Å². The smallest absolute Gasteiger partial charge is 0.303 e. The zero-order chi connectivity index (χ0) is 13.7. The molecule has 1 rings (SSSR count). The second kappa shape index (κ2) is 6.00. The Morgan fingerprint density at radius 2 is 2.00 bits per heavy atom. The molecule has 0 amide bonds. The summed E-state index contributed by atoms with van der Waals surface area (Å²) in [5.41, 5.74) is -0.00950. The summed E-state index contributed by atoms with van der Waals surface area (Å²) in [4.78, 5) is 33.4. The Balaban J connectivity index is 2.68. The van der Waals surface area contributed by atoms with Crippen LogP contribution in [-0.4, -0.2) is 34.9 Å². The number of carboxylic acids is 1. The van der Waals surface area contributed by atoms with E-state index in [4.69, 9.17) is 9.84 Å². The largest absolute Gasteiger partial charge is 0.504 e. The number of methoxy groups -OCH3 is 1. The molecule has 0 spiro atoms. The van der Waals surface area contributed by atoms with Crippen molar-refractivity contribution in [2.75, 3.05) is 7.11 Å². The van der Waals surface area contributed by atoms with Crippen LogP contribution in [0.2, 0.25) is 0 Å². The predicted octanol–water partition coefficient (Wildman–Crippen LogP) is 1.13. The molecule has 0 unspecified atom stereocenters. The van der Waals surface area contributed by atoms with Crippen LogP contribution in [0.15, 0.2) is 23.2 Å². The summed E-state index contributed by atoms with van der Waals surface area (Å²) < 4.78 is 4.75. The molecule has 0 saturated carbocycles. The molecule has 0 aliphatic heterocycles. The van der Waals surface area contributed by atoms with Crippen LogP contribution < -0.4 is 0 Å². The van der Waals surface area contributed by atoms with E-state index >= 15 is 0 Å². The van der Waals surface area contributed by atoms with Crippen LogP contribution in [-0.2, 0) is 19.1 Å². The second-order valence-corrected chi connectivity index (χ2v) is 3.83. The van der Waals surface area contributed by atoms with E-state index in [0.717, 1.165) is 6.08 Å². The van der Waals surface area contributed by atoms with E-state index in [1.54, 1.807) is 0 Å². The number of aliphatic hydroxyl groups excluding tert-OH is 1. The van der Waals surface area contributed by atoms with E-state index in [-0.39, 0.29) is 24.2 Å². The van der Waals surface area contributed by atoms with Crippen LogP contribution >= 0.6 is 0 Å². The summed E-state index contributed by atoms with van der Waals surface area (Å²) in [6, 6.07) is 0. The lowest BCUT2D eigenvalue weighted by atomic mass is 9.95. The fraction of sp³-hybridized carbons (Fsp3) is 0.417. The molecule has 18 heavy (non-hydrogen) atoms. The van der Waals surface area contributed by atoms with Gasteiger partial charge in [-0.25, -0.2) is 0 Å². The van der Waals surface area contributed by atoms with E-state index in [2.05, 4.69) is 0 Å². The lowest BCUT2D eigenvalue weighted by Gasteiger charge is -2.14. The van der Waals surface area contributed by atoms with Crippen LogP contribution in [0.5, 0.6) is 0 Å². The molecule has 6 heteroatoms. The van der Waals surface area contributed by atoms with Gasteiger partial charge in [-0.1, -0.05) is 0 Å². The van der Waals surface area contributed by atoms with E-state index in [1.807, 2.05) is 0 Å². The van der Waals surface area contributed by atoms with Gasteiger partial charge in [0.05, 0.1) is 7.11 Å². The monoisotopic (exact) mass is 254 g/mol. The number of hydrogen-bond acceptors (Lipinski definition) is 5. The number of allylic oxidation sites excluding steroid dienone is 2. The summed E-state index contributed by atoms with van der Waals surface area (Å²) >= 11 is 0. The first-order chi connectivity index (χ1) is 8.47. The van der Waals surface area contributed by atoms with Crippen molar-refractivity contribution < 1.29 is 29.3 Å². The molecule has 0 aromatic carbocycles. The van der Waals surface area contributed by atoms with Crippen LogP contribution in [0.25, 0.3) is 0 Å². The van der Waals surface area contributed by atoms with E-state index in [0.29, 0.717) is 12.8 Å². The Hall–Kier alpha value is -2.11. The van der Waals surface area contributed by atoms with Gasteiger partial charge >= 0.3 is 5.97 Å². The molecule has 1 aliphatic rings. The number of Topliss-reactive ketones (excluding diaryl/α,β-unsaturated/α-hetero) is 1. The van der Waals surface area contributed by atoms with Gasteiger partial charge in [0.25, 0.3) is 0 Å². The summed E-state index contributed by atoms with van der Waals surface area (Å²) in [5, 5.41) is 18.0. The van der Waals surface area contributed by atoms with Crippen molar-refractivity contribution in [1.29, 1.82) is 0 Å². The number of ether oxygens (including phenoxy) is 1. The highest BCUT2D eigenvalue weighted by atomic mass is 16.5. The number of rotatable bonds is 6. The van der Waals surface area contributed by atoms with Crippen LogP contribution in [0.4, 0.5) is 0 Å². The van der Waals surface area contributed by atoms with Gasteiger partial charge in [0.2, 0.25) is 11.6 Å². The quantitative estimate of drug-likeness (QED) is 0.544. The summed E-state index contributed by atoms with van der Waals surface area (Å²) in [6.45, 7) is 0.